The average molecular weight is 405 g/mol. The molecule has 0 aliphatic rings. The first-order valence-electron chi connectivity index (χ1n) is 9.27. The molecule has 1 N–H and O–H groups in total. The van der Waals surface area contributed by atoms with Crippen molar-refractivity contribution in [2.24, 2.45) is 0 Å². The summed E-state index contributed by atoms with van der Waals surface area (Å²) in [5.41, 5.74) is 1.77. The van der Waals surface area contributed by atoms with E-state index in [1.807, 2.05) is 24.3 Å². The second-order valence-electron chi connectivity index (χ2n) is 6.56. The Labute approximate surface area is 171 Å². The third-order valence-corrected chi connectivity index (χ3v) is 4.55. The third-order valence-electron chi connectivity index (χ3n) is 4.55. The number of carbonyl (C=O) groups is 2. The molecule has 1 amide bonds. The molecule has 4 rings (SSSR count). The number of carbonyl (C=O) groups excluding carboxylic acids is 2. The minimum atomic E-state index is -1.02. The fraction of sp³-hybridized carbons (Fsp3) is 0.130. The minimum absolute atomic E-state index is 0.420. The van der Waals surface area contributed by atoms with Crippen LogP contribution in [0.4, 0.5) is 5.69 Å². The highest BCUT2D eigenvalue weighted by molar-refractivity contribution is 6.08. The Kier molecular flexibility index (Phi) is 5.26. The molecule has 0 radical (unpaired) electrons. The maximum Gasteiger partial charge on any atom is 0.331 e. The average Bonchev–Trinajstić information content (AvgIpc) is 3.38. The number of benzene rings is 2. The minimum Gasteiger partial charge on any atom is -0.495 e. The van der Waals surface area contributed by atoms with E-state index in [1.54, 1.807) is 24.3 Å². The Morgan fingerprint density at radius 1 is 1.07 bits per heavy atom. The third kappa shape index (κ3) is 3.91. The monoisotopic (exact) mass is 405 g/mol. The van der Waals surface area contributed by atoms with Crippen molar-refractivity contribution in [1.29, 1.82) is 0 Å². The van der Waals surface area contributed by atoms with Crippen LogP contribution in [0.25, 0.3) is 28.0 Å². The molecular weight excluding hydrogens is 386 g/mol. The van der Waals surface area contributed by atoms with Crippen LogP contribution in [0.5, 0.6) is 5.75 Å². The summed E-state index contributed by atoms with van der Waals surface area (Å²) < 4.78 is 21.5. The van der Waals surface area contributed by atoms with Gasteiger partial charge in [-0.25, -0.2) is 4.79 Å². The van der Waals surface area contributed by atoms with Crippen LogP contribution in [-0.4, -0.2) is 25.1 Å². The molecule has 0 spiro atoms. The summed E-state index contributed by atoms with van der Waals surface area (Å²) in [5.74, 6) is -0.177. The lowest BCUT2D eigenvalue weighted by Crippen LogP contribution is -2.29. The number of nitrogens with one attached hydrogen (secondary N) is 1. The van der Waals surface area contributed by atoms with Gasteiger partial charge in [-0.05, 0) is 37.3 Å². The highest BCUT2D eigenvalue weighted by atomic mass is 16.5. The van der Waals surface area contributed by atoms with Gasteiger partial charge in [0.2, 0.25) is 0 Å². The van der Waals surface area contributed by atoms with E-state index < -0.39 is 18.0 Å². The molecule has 0 saturated heterocycles. The van der Waals surface area contributed by atoms with Gasteiger partial charge in [-0.15, -0.1) is 0 Å². The van der Waals surface area contributed by atoms with Gasteiger partial charge >= 0.3 is 5.97 Å². The molecule has 0 aliphatic heterocycles. The predicted molar refractivity (Wildman–Crippen MR) is 112 cm³/mol. The quantitative estimate of drug-likeness (QED) is 0.367. The van der Waals surface area contributed by atoms with E-state index in [2.05, 4.69) is 5.32 Å². The van der Waals surface area contributed by atoms with Crippen LogP contribution in [0.3, 0.4) is 0 Å². The first kappa shape index (κ1) is 19.3. The Morgan fingerprint density at radius 3 is 2.67 bits per heavy atom. The van der Waals surface area contributed by atoms with Gasteiger partial charge in [0.05, 0.1) is 19.1 Å². The molecule has 4 aromatic rings. The number of fused-ring (bicyclic) bond motifs is 3. The van der Waals surface area contributed by atoms with Crippen LogP contribution in [0, 0.1) is 0 Å². The molecule has 2 aromatic carbocycles. The van der Waals surface area contributed by atoms with Crippen molar-refractivity contribution in [3.8, 4) is 5.75 Å². The number of rotatable bonds is 6. The SMILES string of the molecule is COc1cc2c(cc1NC(=O)[C@H](C)OC(=O)/C=C/c1ccco1)oc1ccccc12. The van der Waals surface area contributed by atoms with E-state index in [-0.39, 0.29) is 0 Å². The smallest absolute Gasteiger partial charge is 0.331 e. The van der Waals surface area contributed by atoms with Crippen LogP contribution in [-0.2, 0) is 14.3 Å². The summed E-state index contributed by atoms with van der Waals surface area (Å²) in [7, 11) is 1.52. The van der Waals surface area contributed by atoms with Crippen LogP contribution in [0.1, 0.15) is 12.7 Å². The Morgan fingerprint density at radius 2 is 1.90 bits per heavy atom. The molecule has 0 unspecified atom stereocenters. The van der Waals surface area contributed by atoms with Crippen molar-refractivity contribution in [3.05, 3.63) is 66.6 Å². The van der Waals surface area contributed by atoms with Gasteiger partial charge in [0.15, 0.2) is 6.10 Å². The molecule has 2 heterocycles. The summed E-state index contributed by atoms with van der Waals surface area (Å²) in [5, 5.41) is 4.56. The lowest BCUT2D eigenvalue weighted by molar-refractivity contribution is -0.148. The van der Waals surface area contributed by atoms with Crippen LogP contribution >= 0.6 is 0 Å². The number of furan rings is 2. The van der Waals surface area contributed by atoms with E-state index in [1.165, 1.54) is 32.4 Å². The lowest BCUT2D eigenvalue weighted by atomic mass is 10.1. The van der Waals surface area contributed by atoms with E-state index in [9.17, 15) is 9.59 Å². The predicted octanol–water partition coefficient (Wildman–Crippen LogP) is 4.77. The molecule has 2 aromatic heterocycles. The summed E-state index contributed by atoms with van der Waals surface area (Å²) in [6.07, 6.45) is 3.14. The van der Waals surface area contributed by atoms with Gasteiger partial charge in [0.1, 0.15) is 22.7 Å². The van der Waals surface area contributed by atoms with Crippen LogP contribution < -0.4 is 10.1 Å². The molecular formula is C23H19NO6. The highest BCUT2D eigenvalue weighted by Gasteiger charge is 2.20. The molecule has 30 heavy (non-hydrogen) atoms. The first-order chi connectivity index (χ1) is 14.5. The molecule has 7 heteroatoms. The standard InChI is InChI=1S/C23H19NO6/c1-14(29-22(25)10-9-15-6-5-11-28-15)23(26)24-18-13-20-17(12-21(18)27-2)16-7-3-4-8-19(16)30-20/h3-14H,1-2H3,(H,24,26)/b10-9+/t14-/m0/s1. The van der Waals surface area contributed by atoms with Crippen molar-refractivity contribution in [2.75, 3.05) is 12.4 Å². The molecule has 0 aliphatic carbocycles. The van der Waals surface area contributed by atoms with Crippen molar-refractivity contribution in [3.63, 3.8) is 0 Å². The normalized spacial score (nSPS) is 12.3. The summed E-state index contributed by atoms with van der Waals surface area (Å²) >= 11 is 0. The second-order valence-corrected chi connectivity index (χ2v) is 6.56. The topological polar surface area (TPSA) is 90.9 Å². The lowest BCUT2D eigenvalue weighted by Gasteiger charge is -2.14. The first-order valence-corrected chi connectivity index (χ1v) is 9.27. The maximum absolute atomic E-state index is 12.5. The summed E-state index contributed by atoms with van der Waals surface area (Å²) in [6, 6.07) is 14.5. The molecule has 0 bridgehead atoms. The largest absolute Gasteiger partial charge is 0.495 e. The highest BCUT2D eigenvalue weighted by Crippen LogP contribution is 2.36. The summed E-state index contributed by atoms with van der Waals surface area (Å²) in [4.78, 5) is 24.5. The molecule has 152 valence electrons. The van der Waals surface area contributed by atoms with Gasteiger partial charge in [-0.3, -0.25) is 4.79 Å². The summed E-state index contributed by atoms with van der Waals surface area (Å²) in [6.45, 7) is 1.49. The van der Waals surface area contributed by atoms with Gasteiger partial charge in [0.25, 0.3) is 5.91 Å². The van der Waals surface area contributed by atoms with Crippen LogP contribution in [0.2, 0.25) is 0 Å². The number of anilines is 1. The maximum atomic E-state index is 12.5. The molecule has 1 atom stereocenters. The number of methoxy groups -OCH3 is 1. The van der Waals surface area contributed by atoms with Crippen molar-refractivity contribution < 1.29 is 27.9 Å². The zero-order valence-corrected chi connectivity index (χ0v) is 16.4. The Balaban J connectivity index is 1.50. The zero-order chi connectivity index (χ0) is 21.1. The Bertz CT molecular complexity index is 1240. The van der Waals surface area contributed by atoms with Gasteiger partial charge < -0.3 is 23.6 Å². The fourth-order valence-corrected chi connectivity index (χ4v) is 3.06. The van der Waals surface area contributed by atoms with Crippen molar-refractivity contribution in [1.82, 2.24) is 0 Å². The molecule has 7 nitrogen and oxygen atoms in total. The second kappa shape index (κ2) is 8.16. The number of hydrogen-bond donors (Lipinski definition) is 1. The van der Waals surface area contributed by atoms with Gasteiger partial charge in [-0.2, -0.15) is 0 Å². The number of para-hydroxylation sites is 1. The van der Waals surface area contributed by atoms with Gasteiger partial charge in [0, 0.05) is 22.9 Å². The van der Waals surface area contributed by atoms with E-state index in [0.717, 1.165) is 16.4 Å². The van der Waals surface area contributed by atoms with Gasteiger partial charge in [-0.1, -0.05) is 18.2 Å². The van der Waals surface area contributed by atoms with Crippen molar-refractivity contribution in [2.45, 2.75) is 13.0 Å². The number of hydrogen-bond acceptors (Lipinski definition) is 6. The van der Waals surface area contributed by atoms with E-state index in [4.69, 9.17) is 18.3 Å². The Hall–Kier alpha value is -4.00. The van der Waals surface area contributed by atoms with Crippen molar-refractivity contribution >= 4 is 45.6 Å². The molecule has 0 saturated carbocycles. The van der Waals surface area contributed by atoms with E-state index >= 15 is 0 Å². The van der Waals surface area contributed by atoms with Crippen LogP contribution in [0.15, 0.2) is 69.7 Å². The zero-order valence-electron chi connectivity index (χ0n) is 16.4. The number of esters is 1. The number of ether oxygens (including phenoxy) is 2. The fourth-order valence-electron chi connectivity index (χ4n) is 3.06. The van der Waals surface area contributed by atoms with E-state index in [0.29, 0.717) is 22.8 Å². The number of amides is 1. The molecule has 0 fully saturated rings.